The van der Waals surface area contributed by atoms with Crippen molar-refractivity contribution in [3.05, 3.63) is 62.1 Å². The van der Waals surface area contributed by atoms with Gasteiger partial charge in [-0.15, -0.1) is 0 Å². The monoisotopic (exact) mass is 431 g/mol. The number of non-ortho nitro benzene ring substituents is 1. The Labute approximate surface area is 165 Å². The summed E-state index contributed by atoms with van der Waals surface area (Å²) in [5, 5.41) is 13.5. The van der Waals surface area contributed by atoms with E-state index in [9.17, 15) is 23.3 Å². The summed E-state index contributed by atoms with van der Waals surface area (Å²) in [4.78, 5) is 22.3. The van der Waals surface area contributed by atoms with Crippen LogP contribution in [0.3, 0.4) is 0 Å². The van der Waals surface area contributed by atoms with Gasteiger partial charge in [0, 0.05) is 17.2 Å². The molecule has 0 aromatic heterocycles. The standard InChI is InChI=1S/C16H15Cl2N3O5S/c1-9-3-5-12(21(23)24)8-14(9)19-16(22)10(2)20-27(25,26)15-7-11(17)4-6-13(15)18/h3-8,10,20H,1-2H3,(H,19,22)/t10-/m1/s1. The van der Waals surface area contributed by atoms with E-state index in [0.717, 1.165) is 0 Å². The number of nitrogens with one attached hydrogen (secondary N) is 2. The number of halogens is 2. The van der Waals surface area contributed by atoms with Gasteiger partial charge in [-0.05, 0) is 37.6 Å². The van der Waals surface area contributed by atoms with E-state index in [1.54, 1.807) is 6.92 Å². The Morgan fingerprint density at radius 2 is 1.85 bits per heavy atom. The molecular weight excluding hydrogens is 417 g/mol. The summed E-state index contributed by atoms with van der Waals surface area (Å²) in [6.45, 7) is 2.98. The van der Waals surface area contributed by atoms with Crippen LogP contribution in [-0.4, -0.2) is 25.3 Å². The zero-order valence-corrected chi connectivity index (χ0v) is 16.5. The third kappa shape index (κ3) is 5.16. The van der Waals surface area contributed by atoms with Crippen molar-refractivity contribution in [1.82, 2.24) is 4.72 Å². The molecule has 0 fully saturated rings. The van der Waals surface area contributed by atoms with Crippen LogP contribution in [-0.2, 0) is 14.8 Å². The largest absolute Gasteiger partial charge is 0.324 e. The van der Waals surface area contributed by atoms with Crippen LogP contribution in [0.25, 0.3) is 0 Å². The molecule has 1 atom stereocenters. The van der Waals surface area contributed by atoms with E-state index in [-0.39, 0.29) is 26.3 Å². The van der Waals surface area contributed by atoms with Crippen LogP contribution in [0, 0.1) is 17.0 Å². The van der Waals surface area contributed by atoms with Gasteiger partial charge in [-0.2, -0.15) is 4.72 Å². The molecule has 11 heteroatoms. The molecule has 27 heavy (non-hydrogen) atoms. The predicted octanol–water partition coefficient (Wildman–Crippen LogP) is 3.52. The van der Waals surface area contributed by atoms with Gasteiger partial charge in [-0.1, -0.05) is 29.3 Å². The van der Waals surface area contributed by atoms with Gasteiger partial charge < -0.3 is 5.32 Å². The number of nitrogens with zero attached hydrogens (tertiary/aromatic N) is 1. The molecule has 0 aliphatic rings. The zero-order chi connectivity index (χ0) is 20.4. The topological polar surface area (TPSA) is 118 Å². The summed E-state index contributed by atoms with van der Waals surface area (Å²) < 4.78 is 27.1. The zero-order valence-electron chi connectivity index (χ0n) is 14.2. The Morgan fingerprint density at radius 1 is 1.19 bits per heavy atom. The molecule has 2 N–H and O–H groups in total. The minimum atomic E-state index is -4.12. The fourth-order valence-electron chi connectivity index (χ4n) is 2.13. The highest BCUT2D eigenvalue weighted by molar-refractivity contribution is 7.89. The van der Waals surface area contributed by atoms with Crippen molar-refractivity contribution in [2.24, 2.45) is 0 Å². The fourth-order valence-corrected chi connectivity index (χ4v) is 4.10. The molecule has 8 nitrogen and oxygen atoms in total. The van der Waals surface area contributed by atoms with Gasteiger partial charge in [0.2, 0.25) is 15.9 Å². The average molecular weight is 432 g/mol. The number of nitro groups is 1. The lowest BCUT2D eigenvalue weighted by molar-refractivity contribution is -0.384. The third-order valence-electron chi connectivity index (χ3n) is 3.60. The van der Waals surface area contributed by atoms with Crippen LogP contribution < -0.4 is 10.0 Å². The van der Waals surface area contributed by atoms with Crippen molar-refractivity contribution in [3.8, 4) is 0 Å². The third-order valence-corrected chi connectivity index (χ3v) is 5.86. The average Bonchev–Trinajstić information content (AvgIpc) is 2.58. The lowest BCUT2D eigenvalue weighted by Gasteiger charge is -2.16. The first-order valence-electron chi connectivity index (χ1n) is 7.54. The minimum absolute atomic E-state index is 0.0472. The molecular formula is C16H15Cl2N3O5S. The number of aryl methyl sites for hydroxylation is 1. The van der Waals surface area contributed by atoms with Crippen LogP contribution in [0.1, 0.15) is 12.5 Å². The van der Waals surface area contributed by atoms with Crippen LogP contribution in [0.4, 0.5) is 11.4 Å². The van der Waals surface area contributed by atoms with Gasteiger partial charge in [0.25, 0.3) is 5.69 Å². The smallest absolute Gasteiger partial charge is 0.271 e. The number of hydrogen-bond acceptors (Lipinski definition) is 5. The van der Waals surface area contributed by atoms with E-state index in [1.807, 2.05) is 0 Å². The number of sulfonamides is 1. The molecule has 0 saturated heterocycles. The summed E-state index contributed by atoms with van der Waals surface area (Å²) in [6.07, 6.45) is 0. The van der Waals surface area contributed by atoms with E-state index < -0.39 is 26.9 Å². The number of carbonyl (C=O) groups is 1. The lowest BCUT2D eigenvalue weighted by Crippen LogP contribution is -2.41. The first-order valence-corrected chi connectivity index (χ1v) is 9.78. The summed E-state index contributed by atoms with van der Waals surface area (Å²) in [5.41, 5.74) is 0.595. The number of rotatable bonds is 6. The molecule has 0 spiro atoms. The number of hydrogen-bond donors (Lipinski definition) is 2. The number of carbonyl (C=O) groups excluding carboxylic acids is 1. The summed E-state index contributed by atoms with van der Waals surface area (Å²) in [6, 6.07) is 6.74. The van der Waals surface area contributed by atoms with Crippen molar-refractivity contribution in [3.63, 3.8) is 0 Å². The predicted molar refractivity (Wildman–Crippen MR) is 103 cm³/mol. The first-order chi connectivity index (χ1) is 12.5. The maximum Gasteiger partial charge on any atom is 0.271 e. The second-order valence-corrected chi connectivity index (χ2v) is 8.19. The normalized spacial score (nSPS) is 12.4. The molecule has 0 heterocycles. The van der Waals surface area contributed by atoms with Crippen molar-refractivity contribution in [2.45, 2.75) is 24.8 Å². The first kappa shape index (κ1) is 21.1. The second-order valence-electron chi connectivity index (χ2n) is 5.66. The summed E-state index contributed by atoms with van der Waals surface area (Å²) in [7, 11) is -4.12. The molecule has 0 radical (unpaired) electrons. The molecule has 2 aromatic rings. The quantitative estimate of drug-likeness (QED) is 0.535. The SMILES string of the molecule is Cc1ccc([N+](=O)[O-])cc1NC(=O)[C@@H](C)NS(=O)(=O)c1cc(Cl)ccc1Cl. The molecule has 2 rings (SSSR count). The molecule has 0 unspecified atom stereocenters. The highest BCUT2D eigenvalue weighted by Gasteiger charge is 2.25. The molecule has 0 bridgehead atoms. The Morgan fingerprint density at radius 3 is 2.48 bits per heavy atom. The number of anilines is 1. The van der Waals surface area contributed by atoms with Crippen molar-refractivity contribution < 1.29 is 18.1 Å². The number of benzene rings is 2. The fraction of sp³-hybridized carbons (Fsp3) is 0.188. The van der Waals surface area contributed by atoms with E-state index in [4.69, 9.17) is 23.2 Å². The Bertz CT molecular complexity index is 1010. The van der Waals surface area contributed by atoms with Gasteiger partial charge in [-0.3, -0.25) is 14.9 Å². The Hall–Kier alpha value is -2.20. The van der Waals surface area contributed by atoms with Crippen molar-refractivity contribution in [2.75, 3.05) is 5.32 Å². The summed E-state index contributed by atoms with van der Waals surface area (Å²) >= 11 is 11.7. The van der Waals surface area contributed by atoms with Gasteiger partial charge in [0.15, 0.2) is 0 Å². The van der Waals surface area contributed by atoms with E-state index in [0.29, 0.717) is 5.56 Å². The Kier molecular flexibility index (Phi) is 6.42. The van der Waals surface area contributed by atoms with Crippen molar-refractivity contribution >= 4 is 50.5 Å². The molecule has 144 valence electrons. The summed E-state index contributed by atoms with van der Waals surface area (Å²) in [5.74, 6) is -0.694. The van der Waals surface area contributed by atoms with Crippen molar-refractivity contribution in [1.29, 1.82) is 0 Å². The van der Waals surface area contributed by atoms with Gasteiger partial charge in [-0.25, -0.2) is 8.42 Å². The maximum atomic E-state index is 12.5. The van der Waals surface area contributed by atoms with Crippen LogP contribution >= 0.6 is 23.2 Å². The molecule has 0 aliphatic heterocycles. The molecule has 0 saturated carbocycles. The van der Waals surface area contributed by atoms with E-state index in [1.165, 1.54) is 43.3 Å². The van der Waals surface area contributed by atoms with Gasteiger partial charge in [0.1, 0.15) is 4.90 Å². The van der Waals surface area contributed by atoms with E-state index >= 15 is 0 Å². The maximum absolute atomic E-state index is 12.5. The van der Waals surface area contributed by atoms with E-state index in [2.05, 4.69) is 10.0 Å². The highest BCUT2D eigenvalue weighted by Crippen LogP contribution is 2.25. The highest BCUT2D eigenvalue weighted by atomic mass is 35.5. The Balaban J connectivity index is 2.19. The van der Waals surface area contributed by atoms with Crippen LogP contribution in [0.15, 0.2) is 41.3 Å². The lowest BCUT2D eigenvalue weighted by atomic mass is 10.1. The van der Waals surface area contributed by atoms with Crippen LogP contribution in [0.2, 0.25) is 10.0 Å². The molecule has 2 aromatic carbocycles. The second kappa shape index (κ2) is 8.22. The minimum Gasteiger partial charge on any atom is -0.324 e. The van der Waals surface area contributed by atoms with Gasteiger partial charge in [0.05, 0.1) is 21.7 Å². The van der Waals surface area contributed by atoms with Crippen LogP contribution in [0.5, 0.6) is 0 Å². The van der Waals surface area contributed by atoms with Gasteiger partial charge >= 0.3 is 0 Å². The molecule has 1 amide bonds. The molecule has 0 aliphatic carbocycles. The number of amides is 1. The number of nitro benzene ring substituents is 1.